The zero-order valence-electron chi connectivity index (χ0n) is 19.1. The molecule has 1 saturated heterocycles. The fourth-order valence-corrected chi connectivity index (χ4v) is 3.54. The number of aromatic amines is 1. The molecule has 13 nitrogen and oxygen atoms in total. The molecule has 1 amide bonds. The van der Waals surface area contributed by atoms with Crippen LogP contribution in [0.3, 0.4) is 0 Å². The maximum absolute atomic E-state index is 12.6. The predicted octanol–water partition coefficient (Wildman–Crippen LogP) is 1.94. The van der Waals surface area contributed by atoms with E-state index in [-0.39, 0.29) is 17.5 Å². The van der Waals surface area contributed by atoms with Gasteiger partial charge in [0.15, 0.2) is 5.88 Å². The summed E-state index contributed by atoms with van der Waals surface area (Å²) in [6.45, 7) is 3.01. The normalized spacial score (nSPS) is 13.9. The number of carboxylic acids is 2. The van der Waals surface area contributed by atoms with Crippen molar-refractivity contribution >= 4 is 34.4 Å². The van der Waals surface area contributed by atoms with Gasteiger partial charge >= 0.3 is 11.9 Å². The van der Waals surface area contributed by atoms with Crippen LogP contribution in [-0.4, -0.2) is 91.1 Å². The van der Waals surface area contributed by atoms with Crippen molar-refractivity contribution < 1.29 is 34.6 Å². The molecule has 0 spiro atoms. The second-order valence-corrected chi connectivity index (χ2v) is 7.87. The average molecular weight is 497 g/mol. The first-order valence-corrected chi connectivity index (χ1v) is 10.6. The highest BCUT2D eigenvalue weighted by Gasteiger charge is 2.22. The summed E-state index contributed by atoms with van der Waals surface area (Å²) < 4.78 is 0. The number of hydrogen-bond donors (Lipinski definition) is 4. The van der Waals surface area contributed by atoms with E-state index < -0.39 is 16.9 Å². The van der Waals surface area contributed by atoms with Crippen molar-refractivity contribution in [2.24, 2.45) is 0 Å². The highest BCUT2D eigenvalue weighted by Crippen LogP contribution is 2.37. The summed E-state index contributed by atoms with van der Waals surface area (Å²) in [6.07, 6.45) is 2.59. The van der Waals surface area contributed by atoms with Crippen LogP contribution in [0.2, 0.25) is 0 Å². The number of nitro groups is 1. The van der Waals surface area contributed by atoms with Gasteiger partial charge in [-0.25, -0.2) is 9.59 Å². The molecule has 4 N–H and O–H groups in total. The number of piperazine rings is 1. The minimum absolute atomic E-state index is 0.0744. The van der Waals surface area contributed by atoms with Gasteiger partial charge in [0.25, 0.3) is 11.6 Å². The first kappa shape index (κ1) is 25.8. The Morgan fingerprint density at radius 3 is 2.22 bits per heavy atom. The summed E-state index contributed by atoms with van der Waals surface area (Å²) >= 11 is 0. The first-order valence-electron chi connectivity index (χ1n) is 10.6. The van der Waals surface area contributed by atoms with Crippen molar-refractivity contribution in [3.8, 4) is 17.1 Å². The van der Waals surface area contributed by atoms with Gasteiger partial charge in [-0.2, -0.15) is 0 Å². The number of fused-ring (bicyclic) bond motifs is 1. The summed E-state index contributed by atoms with van der Waals surface area (Å²) in [4.78, 5) is 53.4. The number of likely N-dealkylation sites (N-methyl/N-ethyl adjacent to an activating group) is 1. The van der Waals surface area contributed by atoms with E-state index in [1.807, 2.05) is 7.05 Å². The van der Waals surface area contributed by atoms with E-state index in [9.17, 15) is 29.6 Å². The molecule has 0 saturated carbocycles. The summed E-state index contributed by atoms with van der Waals surface area (Å²) in [5.74, 6) is -2.72. The summed E-state index contributed by atoms with van der Waals surface area (Å²) in [6, 6.07) is 7.62. The van der Waals surface area contributed by atoms with Gasteiger partial charge < -0.3 is 30.1 Å². The molecule has 0 unspecified atom stereocenters. The number of carboxylic acid groups (broad SMARTS) is 2. The predicted molar refractivity (Wildman–Crippen MR) is 128 cm³/mol. The highest BCUT2D eigenvalue weighted by molar-refractivity contribution is 6.00. The van der Waals surface area contributed by atoms with Crippen LogP contribution in [0.25, 0.3) is 22.2 Å². The van der Waals surface area contributed by atoms with E-state index in [4.69, 9.17) is 10.2 Å². The standard InChI is InChI=1S/C19H19N5O4.C4H4O4/c1-22-6-8-23(9-7-22)19(26)12-2-4-16(20-11-12)17-14-10-13(24(27)28)3-5-15(14)21-18(17)25;5-3(6)1-2-4(7)8/h2-5,10-11,21,25H,6-9H2,1H3;1-2H,(H,5,6)(H,7,8). The Hall–Kier alpha value is -4.78. The van der Waals surface area contributed by atoms with Gasteiger partial charge in [-0.3, -0.25) is 19.9 Å². The van der Waals surface area contributed by atoms with Gasteiger partial charge in [-0.15, -0.1) is 0 Å². The molecule has 0 bridgehead atoms. The highest BCUT2D eigenvalue weighted by atomic mass is 16.6. The average Bonchev–Trinajstić information content (AvgIpc) is 3.18. The number of aliphatic carboxylic acids is 2. The molecule has 188 valence electrons. The molecular weight excluding hydrogens is 474 g/mol. The Kier molecular flexibility index (Phi) is 7.96. The molecule has 13 heteroatoms. The van der Waals surface area contributed by atoms with Gasteiger partial charge in [-0.1, -0.05) is 0 Å². The molecule has 36 heavy (non-hydrogen) atoms. The quantitative estimate of drug-likeness (QED) is 0.230. The number of nitrogens with zero attached hydrogens (tertiary/aromatic N) is 4. The van der Waals surface area contributed by atoms with Crippen molar-refractivity contribution in [1.29, 1.82) is 0 Å². The molecule has 1 aromatic carbocycles. The number of nitrogens with one attached hydrogen (secondary N) is 1. The van der Waals surface area contributed by atoms with Crippen LogP contribution < -0.4 is 0 Å². The molecule has 3 aromatic rings. The van der Waals surface area contributed by atoms with E-state index in [1.54, 1.807) is 23.1 Å². The van der Waals surface area contributed by atoms with Crippen LogP contribution in [0.5, 0.6) is 5.88 Å². The lowest BCUT2D eigenvalue weighted by Gasteiger charge is -2.32. The third kappa shape index (κ3) is 6.21. The number of pyridine rings is 1. The van der Waals surface area contributed by atoms with Crippen LogP contribution in [0, 0.1) is 10.1 Å². The van der Waals surface area contributed by atoms with Crippen molar-refractivity contribution in [2.45, 2.75) is 0 Å². The van der Waals surface area contributed by atoms with E-state index >= 15 is 0 Å². The molecule has 1 aliphatic heterocycles. The number of amides is 1. The van der Waals surface area contributed by atoms with E-state index in [0.29, 0.717) is 53.0 Å². The third-order valence-electron chi connectivity index (χ3n) is 5.40. The molecule has 2 aromatic heterocycles. The van der Waals surface area contributed by atoms with Crippen LogP contribution in [0.1, 0.15) is 10.4 Å². The largest absolute Gasteiger partial charge is 0.494 e. The van der Waals surface area contributed by atoms with Gasteiger partial charge in [-0.05, 0) is 25.2 Å². The zero-order chi connectivity index (χ0) is 26.4. The molecule has 1 aliphatic rings. The minimum atomic E-state index is -1.26. The Bertz CT molecular complexity index is 1310. The van der Waals surface area contributed by atoms with Crippen LogP contribution in [0.15, 0.2) is 48.7 Å². The van der Waals surface area contributed by atoms with Gasteiger partial charge in [0.2, 0.25) is 0 Å². The summed E-state index contributed by atoms with van der Waals surface area (Å²) in [5, 5.41) is 37.5. The van der Waals surface area contributed by atoms with E-state index in [0.717, 1.165) is 13.1 Å². The monoisotopic (exact) mass is 497 g/mol. The van der Waals surface area contributed by atoms with Crippen LogP contribution >= 0.6 is 0 Å². The van der Waals surface area contributed by atoms with Crippen molar-refractivity contribution in [2.75, 3.05) is 33.2 Å². The Labute approximate surface area is 204 Å². The van der Waals surface area contributed by atoms with Crippen molar-refractivity contribution in [1.82, 2.24) is 19.8 Å². The SMILES string of the molecule is CN1CCN(C(=O)c2ccc(-c3c(O)[nH]c4ccc([N+](=O)[O-])cc34)nc2)CC1.O=C(O)C=CC(=O)O. The second-order valence-electron chi connectivity index (χ2n) is 7.87. The molecule has 3 heterocycles. The maximum atomic E-state index is 12.6. The molecule has 4 rings (SSSR count). The van der Waals surface area contributed by atoms with Gasteiger partial charge in [0.05, 0.1) is 21.7 Å². The molecule has 1 fully saturated rings. The number of non-ortho nitro benzene ring substituents is 1. The van der Waals surface area contributed by atoms with E-state index in [1.165, 1.54) is 18.3 Å². The number of aromatic hydroxyl groups is 1. The molecule has 0 atom stereocenters. The number of benzene rings is 1. The molecular formula is C23H23N5O8. The topological polar surface area (TPSA) is 190 Å². The number of carbonyl (C=O) groups is 3. The van der Waals surface area contributed by atoms with Gasteiger partial charge in [0.1, 0.15) is 0 Å². The Morgan fingerprint density at radius 1 is 1.06 bits per heavy atom. The third-order valence-corrected chi connectivity index (χ3v) is 5.40. The number of nitro benzene ring substituents is 1. The van der Waals surface area contributed by atoms with E-state index in [2.05, 4.69) is 14.9 Å². The lowest BCUT2D eigenvalue weighted by atomic mass is 10.1. The summed E-state index contributed by atoms with van der Waals surface area (Å²) in [5.41, 5.74) is 1.77. The zero-order valence-corrected chi connectivity index (χ0v) is 19.1. The lowest BCUT2D eigenvalue weighted by Crippen LogP contribution is -2.47. The second kappa shape index (κ2) is 11.1. The Balaban J connectivity index is 0.000000392. The summed E-state index contributed by atoms with van der Waals surface area (Å²) in [7, 11) is 2.02. The molecule has 0 radical (unpaired) electrons. The van der Waals surface area contributed by atoms with Gasteiger partial charge in [0, 0.05) is 67.6 Å². The number of aromatic nitrogens is 2. The Morgan fingerprint density at radius 2 is 1.69 bits per heavy atom. The number of carbonyl (C=O) groups excluding carboxylic acids is 1. The first-order chi connectivity index (χ1) is 17.1. The van der Waals surface area contributed by atoms with Crippen molar-refractivity contribution in [3.05, 3.63) is 64.4 Å². The minimum Gasteiger partial charge on any atom is -0.494 e. The smallest absolute Gasteiger partial charge is 0.328 e. The van der Waals surface area contributed by atoms with Crippen molar-refractivity contribution in [3.63, 3.8) is 0 Å². The fourth-order valence-electron chi connectivity index (χ4n) is 3.54. The molecule has 0 aliphatic carbocycles. The lowest BCUT2D eigenvalue weighted by molar-refractivity contribution is -0.384. The number of H-pyrrole nitrogens is 1. The van der Waals surface area contributed by atoms with Crippen LogP contribution in [0.4, 0.5) is 5.69 Å². The number of hydrogen-bond acceptors (Lipinski definition) is 8. The van der Waals surface area contributed by atoms with Crippen LogP contribution in [-0.2, 0) is 9.59 Å². The maximum Gasteiger partial charge on any atom is 0.328 e. The number of rotatable bonds is 5. The fraction of sp³-hybridized carbons (Fsp3) is 0.217.